The lowest BCUT2D eigenvalue weighted by atomic mass is 9.99. The highest BCUT2D eigenvalue weighted by atomic mass is 28.4. The number of allylic oxidation sites excluding steroid dienone is 1. The second kappa shape index (κ2) is 8.75. The van der Waals surface area contributed by atoms with Crippen molar-refractivity contribution in [3.05, 3.63) is 83.4 Å². The van der Waals surface area contributed by atoms with Gasteiger partial charge in [0.1, 0.15) is 5.76 Å². The molecular weight excluding hydrogens is 368 g/mol. The van der Waals surface area contributed by atoms with Crippen molar-refractivity contribution in [3.63, 3.8) is 0 Å². The van der Waals surface area contributed by atoms with Gasteiger partial charge in [0.2, 0.25) is 0 Å². The zero-order valence-corrected chi connectivity index (χ0v) is 20.6. The van der Waals surface area contributed by atoms with E-state index in [-0.39, 0.29) is 10.1 Å². The van der Waals surface area contributed by atoms with Crippen LogP contribution >= 0.6 is 0 Å². The molecule has 29 heavy (non-hydrogen) atoms. The molecule has 0 aromatic heterocycles. The van der Waals surface area contributed by atoms with Crippen molar-refractivity contribution in [3.8, 4) is 0 Å². The second-order valence-corrected chi connectivity index (χ2v) is 15.6. The van der Waals surface area contributed by atoms with Crippen LogP contribution in [0.3, 0.4) is 0 Å². The van der Waals surface area contributed by atoms with Crippen LogP contribution < -0.4 is 0 Å². The van der Waals surface area contributed by atoms with Crippen LogP contribution in [0.5, 0.6) is 0 Å². The largest absolute Gasteiger partial charge is 0.542 e. The van der Waals surface area contributed by atoms with E-state index in [0.29, 0.717) is 0 Å². The van der Waals surface area contributed by atoms with Crippen molar-refractivity contribution in [1.29, 1.82) is 0 Å². The van der Waals surface area contributed by atoms with E-state index in [1.54, 1.807) is 0 Å². The summed E-state index contributed by atoms with van der Waals surface area (Å²) in [6.45, 7) is 22.5. The van der Waals surface area contributed by atoms with Gasteiger partial charge in [-0.2, -0.15) is 0 Å². The summed E-state index contributed by atoms with van der Waals surface area (Å²) in [4.78, 5) is 0. The van der Waals surface area contributed by atoms with Crippen LogP contribution in [-0.4, -0.2) is 8.32 Å². The fourth-order valence-corrected chi connectivity index (χ4v) is 7.22. The third-order valence-corrected chi connectivity index (χ3v) is 12.4. The van der Waals surface area contributed by atoms with E-state index in [1.165, 1.54) is 11.1 Å². The van der Waals surface area contributed by atoms with E-state index in [9.17, 15) is 0 Å². The molecule has 0 saturated carbocycles. The first-order valence-electron chi connectivity index (χ1n) is 10.5. The molecule has 2 aromatic carbocycles. The lowest BCUT2D eigenvalue weighted by molar-refractivity contribution is 0.404. The Morgan fingerprint density at radius 2 is 1.41 bits per heavy atom. The predicted octanol–water partition coefficient (Wildman–Crippen LogP) is 8.50. The Morgan fingerprint density at radius 3 is 1.93 bits per heavy atom. The molecule has 0 aliphatic rings. The van der Waals surface area contributed by atoms with Gasteiger partial charge in [0.25, 0.3) is 8.32 Å². The van der Waals surface area contributed by atoms with E-state index in [2.05, 4.69) is 122 Å². The topological polar surface area (TPSA) is 9.23 Å². The standard InChI is InChI=1S/C27H38OSi/c1-21(2)19-23-17-13-14-18-24(23)25(20-22-15-11-10-12-16-22)28-29(9,26(3,4)5)27(6,7)8/h10-18,20H,1,19H2,2-9H3/b25-20-. The first-order valence-corrected chi connectivity index (χ1v) is 12.9. The summed E-state index contributed by atoms with van der Waals surface area (Å²) in [5, 5.41) is 0.175. The van der Waals surface area contributed by atoms with E-state index < -0.39 is 8.32 Å². The van der Waals surface area contributed by atoms with Gasteiger partial charge < -0.3 is 4.43 Å². The Kier molecular flexibility index (Phi) is 7.00. The fraction of sp³-hybridized carbons (Fsp3) is 0.407. The van der Waals surface area contributed by atoms with Crippen molar-refractivity contribution in [2.45, 2.75) is 71.5 Å². The van der Waals surface area contributed by atoms with Gasteiger partial charge in [0.05, 0.1) is 0 Å². The van der Waals surface area contributed by atoms with Crippen LogP contribution in [0.1, 0.15) is 65.2 Å². The summed E-state index contributed by atoms with van der Waals surface area (Å²) < 4.78 is 7.15. The lowest BCUT2D eigenvalue weighted by Gasteiger charge is -2.48. The fourth-order valence-electron chi connectivity index (χ4n) is 3.75. The smallest absolute Gasteiger partial charge is 0.258 e. The molecule has 1 nitrogen and oxygen atoms in total. The quantitative estimate of drug-likeness (QED) is 0.202. The Bertz CT molecular complexity index is 849. The minimum atomic E-state index is -2.21. The second-order valence-electron chi connectivity index (χ2n) is 10.3. The highest BCUT2D eigenvalue weighted by Crippen LogP contribution is 2.53. The van der Waals surface area contributed by atoms with E-state index in [1.807, 2.05) is 0 Å². The monoisotopic (exact) mass is 406 g/mol. The molecule has 2 heteroatoms. The van der Waals surface area contributed by atoms with E-state index >= 15 is 0 Å². The van der Waals surface area contributed by atoms with Crippen LogP contribution in [0.25, 0.3) is 11.8 Å². The molecule has 0 atom stereocenters. The summed E-state index contributed by atoms with van der Waals surface area (Å²) in [5.41, 5.74) is 4.75. The van der Waals surface area contributed by atoms with Crippen molar-refractivity contribution >= 4 is 20.2 Å². The third kappa shape index (κ3) is 5.51. The van der Waals surface area contributed by atoms with Gasteiger partial charge in [-0.1, -0.05) is 108 Å². The number of hydrogen-bond acceptors (Lipinski definition) is 1. The number of rotatable bonds is 6. The molecule has 0 fully saturated rings. The molecule has 0 heterocycles. The summed E-state index contributed by atoms with van der Waals surface area (Å²) in [6.07, 6.45) is 3.06. The highest BCUT2D eigenvalue weighted by Gasteiger charge is 2.53. The lowest BCUT2D eigenvalue weighted by Crippen LogP contribution is -2.51. The molecule has 2 aromatic rings. The average molecular weight is 407 g/mol. The number of benzene rings is 2. The molecule has 0 bridgehead atoms. The summed E-state index contributed by atoms with van der Waals surface area (Å²) in [6, 6.07) is 19.1. The molecule has 0 radical (unpaired) electrons. The molecular formula is C27H38OSi. The van der Waals surface area contributed by atoms with Gasteiger partial charge in [-0.25, -0.2) is 0 Å². The molecule has 0 unspecified atom stereocenters. The maximum absolute atomic E-state index is 7.15. The van der Waals surface area contributed by atoms with Gasteiger partial charge in [-0.3, -0.25) is 0 Å². The van der Waals surface area contributed by atoms with E-state index in [4.69, 9.17) is 4.43 Å². The Morgan fingerprint density at radius 1 is 0.897 bits per heavy atom. The molecule has 156 valence electrons. The first-order chi connectivity index (χ1) is 13.3. The van der Waals surface area contributed by atoms with Crippen molar-refractivity contribution in [2.24, 2.45) is 0 Å². The maximum atomic E-state index is 7.15. The first kappa shape index (κ1) is 23.2. The predicted molar refractivity (Wildman–Crippen MR) is 131 cm³/mol. The summed E-state index contributed by atoms with van der Waals surface area (Å²) in [7, 11) is -2.21. The van der Waals surface area contributed by atoms with Gasteiger partial charge >= 0.3 is 0 Å². The molecule has 0 amide bonds. The molecule has 0 N–H and O–H groups in total. The highest BCUT2D eigenvalue weighted by molar-refractivity contribution is 6.79. The summed E-state index contributed by atoms with van der Waals surface area (Å²) in [5.74, 6) is 0.979. The van der Waals surface area contributed by atoms with Crippen LogP contribution in [-0.2, 0) is 10.8 Å². The van der Waals surface area contributed by atoms with Crippen LogP contribution in [0, 0.1) is 0 Å². The molecule has 0 saturated heterocycles. The molecule has 0 aliphatic carbocycles. The average Bonchev–Trinajstić information content (AvgIpc) is 2.60. The van der Waals surface area contributed by atoms with Crippen LogP contribution in [0.4, 0.5) is 0 Å². The Labute approximate surface area is 179 Å². The number of hydrogen-bond donors (Lipinski definition) is 0. The zero-order valence-electron chi connectivity index (χ0n) is 19.6. The van der Waals surface area contributed by atoms with Crippen molar-refractivity contribution in [2.75, 3.05) is 0 Å². The van der Waals surface area contributed by atoms with Crippen molar-refractivity contribution < 1.29 is 4.43 Å². The zero-order chi connectivity index (χ0) is 21.9. The minimum absolute atomic E-state index is 0.0876. The van der Waals surface area contributed by atoms with Crippen LogP contribution in [0.2, 0.25) is 16.6 Å². The summed E-state index contributed by atoms with van der Waals surface area (Å²) >= 11 is 0. The van der Waals surface area contributed by atoms with Gasteiger partial charge in [0.15, 0.2) is 0 Å². The van der Waals surface area contributed by atoms with Gasteiger partial charge in [-0.15, -0.1) is 0 Å². The normalized spacial score (nSPS) is 13.3. The van der Waals surface area contributed by atoms with Crippen molar-refractivity contribution in [1.82, 2.24) is 0 Å². The van der Waals surface area contributed by atoms with Gasteiger partial charge in [-0.05, 0) is 47.2 Å². The maximum Gasteiger partial charge on any atom is 0.258 e. The van der Waals surface area contributed by atoms with Gasteiger partial charge in [0, 0.05) is 5.56 Å². The van der Waals surface area contributed by atoms with Crippen LogP contribution in [0.15, 0.2) is 66.7 Å². The Hall–Kier alpha value is -2.06. The minimum Gasteiger partial charge on any atom is -0.542 e. The molecule has 0 spiro atoms. The van der Waals surface area contributed by atoms with E-state index in [0.717, 1.165) is 23.3 Å². The molecule has 2 rings (SSSR count). The Balaban J connectivity index is 2.68. The third-order valence-electron chi connectivity index (χ3n) is 6.05. The molecule has 0 aliphatic heterocycles. The SMILES string of the molecule is C=C(C)Cc1ccccc1/C(=C/c1ccccc1)O[Si](C)(C(C)(C)C)C(C)(C)C.